The molecule has 1 aromatic heterocycles. The minimum Gasteiger partial charge on any atom is -0.365 e. The zero-order chi connectivity index (χ0) is 26.4. The third kappa shape index (κ3) is 7.19. The van der Waals surface area contributed by atoms with E-state index in [0.29, 0.717) is 17.9 Å². The monoisotopic (exact) mass is 515 g/mol. The van der Waals surface area contributed by atoms with Crippen molar-refractivity contribution in [2.24, 2.45) is 0 Å². The number of H-pyrrole nitrogens is 1. The quantitative estimate of drug-likeness (QED) is 0.339. The summed E-state index contributed by atoms with van der Waals surface area (Å²) in [5.74, 6) is 0.581. The van der Waals surface area contributed by atoms with E-state index in [9.17, 15) is 18.3 Å². The van der Waals surface area contributed by atoms with Gasteiger partial charge >= 0.3 is 6.18 Å². The first kappa shape index (κ1) is 27.3. The first-order valence-electron chi connectivity index (χ1n) is 12.8. The molecule has 0 amide bonds. The van der Waals surface area contributed by atoms with E-state index in [2.05, 4.69) is 44.4 Å². The van der Waals surface area contributed by atoms with Crippen LogP contribution in [-0.4, -0.2) is 63.9 Å². The van der Waals surface area contributed by atoms with Gasteiger partial charge in [-0.3, -0.25) is 15.1 Å². The largest absolute Gasteiger partial charge is 0.416 e. The van der Waals surface area contributed by atoms with Crippen LogP contribution in [0, 0.1) is 6.92 Å². The Morgan fingerprint density at radius 3 is 2.41 bits per heavy atom. The first-order valence-corrected chi connectivity index (χ1v) is 12.8. The molecule has 0 bridgehead atoms. The predicted octanol–water partition coefficient (Wildman–Crippen LogP) is 4.80. The molecule has 1 fully saturated rings. The van der Waals surface area contributed by atoms with Gasteiger partial charge < -0.3 is 10.1 Å². The molecule has 1 unspecified atom stereocenters. The van der Waals surface area contributed by atoms with Crippen molar-refractivity contribution < 1.29 is 18.3 Å². The van der Waals surface area contributed by atoms with Gasteiger partial charge in [-0.1, -0.05) is 42.5 Å². The number of aromatic nitrogens is 2. The highest BCUT2D eigenvalue weighted by Gasteiger charge is 2.30. The second kappa shape index (κ2) is 12.2. The number of aromatic amines is 1. The molecule has 3 N–H and O–H groups in total. The fourth-order valence-electron chi connectivity index (χ4n) is 5.01. The molecule has 2 aromatic carbocycles. The molecule has 1 atom stereocenters. The number of aliphatic hydroxyl groups is 1. The number of aliphatic hydroxyl groups excluding tert-OH is 1. The highest BCUT2D eigenvalue weighted by atomic mass is 19.4. The van der Waals surface area contributed by atoms with Gasteiger partial charge in [0.15, 0.2) is 6.35 Å². The second-order valence-electron chi connectivity index (χ2n) is 9.73. The first-order chi connectivity index (χ1) is 17.7. The summed E-state index contributed by atoms with van der Waals surface area (Å²) in [6, 6.07) is 15.8. The van der Waals surface area contributed by atoms with Crippen LogP contribution in [0.25, 0.3) is 11.4 Å². The molecule has 0 aliphatic carbocycles. The van der Waals surface area contributed by atoms with Crippen LogP contribution in [0.1, 0.15) is 41.8 Å². The normalized spacial score (nSPS) is 16.4. The van der Waals surface area contributed by atoms with Crippen molar-refractivity contribution in [3.63, 3.8) is 0 Å². The summed E-state index contributed by atoms with van der Waals surface area (Å²) in [5, 5.41) is 13.6. The van der Waals surface area contributed by atoms with E-state index in [-0.39, 0.29) is 6.04 Å². The molecule has 0 radical (unpaired) electrons. The summed E-state index contributed by atoms with van der Waals surface area (Å²) in [6.07, 6.45) is -1.19. The van der Waals surface area contributed by atoms with Crippen molar-refractivity contribution in [3.8, 4) is 11.4 Å². The number of piperidine rings is 1. The molecule has 200 valence electrons. The average Bonchev–Trinajstić information content (AvgIpc) is 3.27. The lowest BCUT2D eigenvalue weighted by Gasteiger charge is -2.40. The smallest absolute Gasteiger partial charge is 0.365 e. The van der Waals surface area contributed by atoms with Crippen LogP contribution in [0.4, 0.5) is 13.2 Å². The molecule has 1 aliphatic rings. The number of nitrogens with zero attached hydrogens (tertiary/aromatic N) is 3. The van der Waals surface area contributed by atoms with Gasteiger partial charge in [0.1, 0.15) is 5.82 Å². The summed E-state index contributed by atoms with van der Waals surface area (Å²) in [6.45, 7) is 5.21. The Morgan fingerprint density at radius 2 is 1.78 bits per heavy atom. The Labute approximate surface area is 216 Å². The van der Waals surface area contributed by atoms with Crippen LogP contribution in [0.2, 0.25) is 0 Å². The van der Waals surface area contributed by atoms with Crippen LogP contribution < -0.4 is 5.32 Å². The topological polar surface area (TPSA) is 67.4 Å². The van der Waals surface area contributed by atoms with Gasteiger partial charge in [0.2, 0.25) is 0 Å². The predicted molar refractivity (Wildman–Crippen MR) is 139 cm³/mol. The van der Waals surface area contributed by atoms with Crippen LogP contribution in [0.3, 0.4) is 0 Å². The van der Waals surface area contributed by atoms with Gasteiger partial charge in [0.05, 0.1) is 11.3 Å². The van der Waals surface area contributed by atoms with E-state index >= 15 is 0 Å². The zero-order valence-electron chi connectivity index (χ0n) is 21.4. The number of rotatable bonds is 10. The SMILES string of the molecule is CNC(O)N(CCCc1ccccc1)C1CCN(Cc2nc(-c3ccc(C(F)(F)F)cc3)[nH]c2C)CC1. The molecule has 0 saturated carbocycles. The lowest BCUT2D eigenvalue weighted by molar-refractivity contribution is -0.137. The average molecular weight is 516 g/mol. The summed E-state index contributed by atoms with van der Waals surface area (Å²) >= 11 is 0. The van der Waals surface area contributed by atoms with Crippen LogP contribution in [-0.2, 0) is 19.1 Å². The fraction of sp³-hybridized carbons (Fsp3) is 0.464. The Bertz CT molecular complexity index is 1110. The van der Waals surface area contributed by atoms with E-state index in [1.165, 1.54) is 17.7 Å². The zero-order valence-corrected chi connectivity index (χ0v) is 21.4. The lowest BCUT2D eigenvalue weighted by atomic mass is 10.0. The maximum atomic E-state index is 12.9. The molecule has 37 heavy (non-hydrogen) atoms. The molecule has 3 aromatic rings. The molecule has 2 heterocycles. The molecule has 6 nitrogen and oxygen atoms in total. The van der Waals surface area contributed by atoms with E-state index in [0.717, 1.165) is 68.8 Å². The Balaban J connectivity index is 1.32. The third-order valence-corrected chi connectivity index (χ3v) is 7.17. The highest BCUT2D eigenvalue weighted by molar-refractivity contribution is 5.56. The number of hydrogen-bond donors (Lipinski definition) is 3. The number of nitrogens with one attached hydrogen (secondary N) is 2. The summed E-state index contributed by atoms with van der Waals surface area (Å²) in [4.78, 5) is 12.4. The molecule has 9 heteroatoms. The number of imidazole rings is 1. The molecular weight excluding hydrogens is 479 g/mol. The molecule has 0 spiro atoms. The number of alkyl halides is 3. The van der Waals surface area contributed by atoms with Crippen LogP contribution in [0.5, 0.6) is 0 Å². The molecular formula is C28H36F3N5O. The third-order valence-electron chi connectivity index (χ3n) is 7.17. The summed E-state index contributed by atoms with van der Waals surface area (Å²) in [5.41, 5.74) is 3.10. The van der Waals surface area contributed by atoms with Gasteiger partial charge in [-0.2, -0.15) is 13.2 Å². The van der Waals surface area contributed by atoms with E-state index < -0.39 is 18.1 Å². The van der Waals surface area contributed by atoms with Crippen molar-refractivity contribution >= 4 is 0 Å². The number of aryl methyl sites for hydroxylation is 2. The van der Waals surface area contributed by atoms with Gasteiger partial charge in [0, 0.05) is 43.5 Å². The van der Waals surface area contributed by atoms with Gasteiger partial charge in [-0.05, 0) is 57.4 Å². The van der Waals surface area contributed by atoms with Crippen molar-refractivity contribution in [1.82, 2.24) is 25.1 Å². The Kier molecular flexibility index (Phi) is 9.02. The van der Waals surface area contributed by atoms with Gasteiger partial charge in [-0.15, -0.1) is 0 Å². The summed E-state index contributed by atoms with van der Waals surface area (Å²) < 4.78 is 38.6. The standard InChI is InChI=1S/C28H36F3N5O/c1-20-25(34-26(33-20)22-10-12-23(13-11-22)28(29,30)31)19-35-17-14-24(15-18-35)36(27(37)32-2)16-6-9-21-7-4-3-5-8-21/h3-5,7-8,10-13,24,27,32,37H,6,9,14-19H2,1-2H3,(H,33,34). The molecule has 4 rings (SSSR count). The maximum Gasteiger partial charge on any atom is 0.416 e. The van der Waals surface area contributed by atoms with Crippen molar-refractivity contribution in [2.75, 3.05) is 26.7 Å². The Morgan fingerprint density at radius 1 is 1.11 bits per heavy atom. The molecule has 1 aliphatic heterocycles. The lowest BCUT2D eigenvalue weighted by Crippen LogP contribution is -2.53. The van der Waals surface area contributed by atoms with E-state index in [1.54, 1.807) is 7.05 Å². The fourth-order valence-corrected chi connectivity index (χ4v) is 5.01. The van der Waals surface area contributed by atoms with Gasteiger partial charge in [0.25, 0.3) is 0 Å². The van der Waals surface area contributed by atoms with Crippen LogP contribution in [0.15, 0.2) is 54.6 Å². The number of hydrogen-bond acceptors (Lipinski definition) is 5. The van der Waals surface area contributed by atoms with E-state index in [1.807, 2.05) is 13.0 Å². The van der Waals surface area contributed by atoms with Crippen molar-refractivity contribution in [1.29, 1.82) is 0 Å². The minimum atomic E-state index is -4.35. The number of likely N-dealkylation sites (tertiary alicyclic amines) is 1. The van der Waals surface area contributed by atoms with Gasteiger partial charge in [-0.25, -0.2) is 4.98 Å². The van der Waals surface area contributed by atoms with Crippen LogP contribution >= 0.6 is 0 Å². The summed E-state index contributed by atoms with van der Waals surface area (Å²) in [7, 11) is 1.78. The second-order valence-corrected chi connectivity index (χ2v) is 9.73. The minimum absolute atomic E-state index is 0.289. The highest BCUT2D eigenvalue weighted by Crippen LogP contribution is 2.31. The van der Waals surface area contributed by atoms with Crippen molar-refractivity contribution in [2.45, 2.75) is 57.7 Å². The Hall–Kier alpha value is -2.72. The number of halogens is 3. The van der Waals surface area contributed by atoms with Crippen molar-refractivity contribution in [3.05, 3.63) is 77.1 Å². The maximum absolute atomic E-state index is 12.9. The van der Waals surface area contributed by atoms with E-state index in [4.69, 9.17) is 4.98 Å². The molecule has 1 saturated heterocycles. The number of benzene rings is 2.